The van der Waals surface area contributed by atoms with E-state index < -0.39 is 35.6 Å². The number of rotatable bonds is 9. The Morgan fingerprint density at radius 1 is 1.07 bits per heavy atom. The number of carbonyl (C=O) groups is 3. The van der Waals surface area contributed by atoms with Gasteiger partial charge in [-0.25, -0.2) is 4.79 Å². The third-order valence-corrected chi connectivity index (χ3v) is 3.65. The second-order valence-corrected chi connectivity index (χ2v) is 7.20. The molecule has 5 N–H and O–H groups in total. The Bertz CT molecular complexity index is 628. The van der Waals surface area contributed by atoms with Gasteiger partial charge in [-0.15, -0.1) is 0 Å². The molecule has 8 heteroatoms. The number of hydrogen-bond acceptors (Lipinski definition) is 5. The van der Waals surface area contributed by atoms with Gasteiger partial charge in [0.15, 0.2) is 0 Å². The highest BCUT2D eigenvalue weighted by Crippen LogP contribution is 2.08. The minimum Gasteiger partial charge on any atom is -0.444 e. The van der Waals surface area contributed by atoms with Gasteiger partial charge in [0.2, 0.25) is 11.8 Å². The van der Waals surface area contributed by atoms with E-state index in [4.69, 9.17) is 15.6 Å². The number of amides is 3. The van der Waals surface area contributed by atoms with E-state index in [1.54, 1.807) is 20.8 Å². The predicted molar refractivity (Wildman–Crippen MR) is 101 cm³/mol. The van der Waals surface area contributed by atoms with Crippen LogP contribution in [0.5, 0.6) is 0 Å². The largest absolute Gasteiger partial charge is 0.444 e. The lowest BCUT2D eigenvalue weighted by Crippen LogP contribution is -2.53. The minimum absolute atomic E-state index is 0.0186. The van der Waals surface area contributed by atoms with Gasteiger partial charge >= 0.3 is 6.09 Å². The summed E-state index contributed by atoms with van der Waals surface area (Å²) in [4.78, 5) is 36.0. The maximum atomic E-state index is 12.5. The highest BCUT2D eigenvalue weighted by atomic mass is 16.6. The molecule has 0 bridgehead atoms. The van der Waals surface area contributed by atoms with Gasteiger partial charge in [0.05, 0.1) is 0 Å². The van der Waals surface area contributed by atoms with Crippen molar-refractivity contribution in [3.8, 4) is 0 Å². The van der Waals surface area contributed by atoms with E-state index in [9.17, 15) is 14.4 Å². The first-order valence-electron chi connectivity index (χ1n) is 8.86. The number of carbonyl (C=O) groups excluding carboxylic acids is 3. The molecule has 0 spiro atoms. The van der Waals surface area contributed by atoms with Gasteiger partial charge in [-0.3, -0.25) is 9.59 Å². The summed E-state index contributed by atoms with van der Waals surface area (Å²) in [5.41, 5.74) is 5.68. The summed E-state index contributed by atoms with van der Waals surface area (Å²) in [7, 11) is 0. The van der Waals surface area contributed by atoms with E-state index in [0.29, 0.717) is 12.8 Å². The van der Waals surface area contributed by atoms with E-state index >= 15 is 0 Å². The van der Waals surface area contributed by atoms with E-state index in [1.807, 2.05) is 30.3 Å². The zero-order valence-electron chi connectivity index (χ0n) is 16.0. The Kier molecular flexibility index (Phi) is 8.74. The molecule has 3 amide bonds. The van der Waals surface area contributed by atoms with Crippen molar-refractivity contribution in [1.82, 2.24) is 10.6 Å². The summed E-state index contributed by atoms with van der Waals surface area (Å²) in [5.74, 6) is -1.27. The quantitative estimate of drug-likeness (QED) is 0.505. The van der Waals surface area contributed by atoms with E-state index in [1.165, 1.54) is 0 Å². The van der Waals surface area contributed by atoms with Crippen molar-refractivity contribution in [2.24, 2.45) is 5.73 Å². The third kappa shape index (κ3) is 9.05. The second kappa shape index (κ2) is 10.5. The number of benzene rings is 1. The van der Waals surface area contributed by atoms with Gasteiger partial charge in [0, 0.05) is 6.61 Å². The van der Waals surface area contributed by atoms with Gasteiger partial charge in [0.1, 0.15) is 17.7 Å². The minimum atomic E-state index is -1.04. The monoisotopic (exact) mass is 379 g/mol. The number of nitrogens with two attached hydrogens (primary N) is 1. The Labute approximate surface area is 159 Å². The van der Waals surface area contributed by atoms with Crippen LogP contribution < -0.4 is 16.4 Å². The van der Waals surface area contributed by atoms with Crippen LogP contribution in [0.25, 0.3) is 0 Å². The number of aryl methyl sites for hydroxylation is 1. The van der Waals surface area contributed by atoms with Crippen molar-refractivity contribution in [3.05, 3.63) is 35.9 Å². The highest BCUT2D eigenvalue weighted by molar-refractivity contribution is 5.90. The van der Waals surface area contributed by atoms with E-state index in [2.05, 4.69) is 10.6 Å². The molecule has 0 saturated heterocycles. The summed E-state index contributed by atoms with van der Waals surface area (Å²) in [6, 6.07) is 7.56. The van der Waals surface area contributed by atoms with E-state index in [0.717, 1.165) is 5.56 Å². The first-order valence-corrected chi connectivity index (χ1v) is 8.86. The van der Waals surface area contributed by atoms with Crippen LogP contribution in [0.15, 0.2) is 30.3 Å². The Morgan fingerprint density at radius 3 is 2.22 bits per heavy atom. The van der Waals surface area contributed by atoms with Crippen LogP contribution in [0.3, 0.4) is 0 Å². The Balaban J connectivity index is 2.69. The molecule has 150 valence electrons. The zero-order valence-corrected chi connectivity index (χ0v) is 16.0. The predicted octanol–water partition coefficient (Wildman–Crippen LogP) is 0.865. The molecule has 0 radical (unpaired) electrons. The summed E-state index contributed by atoms with van der Waals surface area (Å²) < 4.78 is 5.12. The molecule has 0 aliphatic rings. The van der Waals surface area contributed by atoms with Crippen molar-refractivity contribution in [2.75, 3.05) is 6.61 Å². The summed E-state index contributed by atoms with van der Waals surface area (Å²) in [6.07, 6.45) is 0.0772. The topological polar surface area (TPSA) is 131 Å². The van der Waals surface area contributed by atoms with Crippen LogP contribution in [0, 0.1) is 0 Å². The number of hydrogen-bond donors (Lipinski definition) is 4. The summed E-state index contributed by atoms with van der Waals surface area (Å²) >= 11 is 0. The standard InChI is InChI=1S/C19H29N3O5/c1-19(2,3)27-18(26)22-15(11-12-23)17(25)21-14(16(20)24)10-9-13-7-5-4-6-8-13/h4-8,14-15,23H,9-12H2,1-3H3,(H2,20,24)(H,21,25)(H,22,26). The maximum absolute atomic E-state index is 12.5. The first-order chi connectivity index (χ1) is 12.6. The molecule has 2 atom stereocenters. The van der Waals surface area contributed by atoms with Crippen molar-refractivity contribution in [3.63, 3.8) is 0 Å². The second-order valence-electron chi connectivity index (χ2n) is 7.20. The number of aliphatic hydroxyl groups is 1. The fraction of sp³-hybridized carbons (Fsp3) is 0.526. The molecule has 0 aromatic heterocycles. The molecule has 1 aromatic carbocycles. The van der Waals surface area contributed by atoms with Crippen molar-refractivity contribution in [1.29, 1.82) is 0 Å². The lowest BCUT2D eigenvalue weighted by atomic mass is 10.0. The van der Waals surface area contributed by atoms with Gasteiger partial charge < -0.3 is 26.2 Å². The van der Waals surface area contributed by atoms with Crippen LogP contribution in [-0.2, 0) is 20.7 Å². The molecule has 1 rings (SSSR count). The molecular weight excluding hydrogens is 350 g/mol. The van der Waals surface area contributed by atoms with Gasteiger partial charge in [-0.05, 0) is 45.6 Å². The lowest BCUT2D eigenvalue weighted by molar-refractivity contribution is -0.129. The van der Waals surface area contributed by atoms with Gasteiger partial charge in [-0.2, -0.15) is 0 Å². The molecule has 27 heavy (non-hydrogen) atoms. The molecule has 0 aliphatic heterocycles. The molecular formula is C19H29N3O5. The maximum Gasteiger partial charge on any atom is 0.408 e. The number of nitrogens with one attached hydrogen (secondary N) is 2. The molecule has 2 unspecified atom stereocenters. The molecule has 0 heterocycles. The Morgan fingerprint density at radius 2 is 1.70 bits per heavy atom. The van der Waals surface area contributed by atoms with Gasteiger partial charge in [-0.1, -0.05) is 30.3 Å². The number of primary amides is 1. The summed E-state index contributed by atoms with van der Waals surface area (Å²) in [5, 5.41) is 14.1. The van der Waals surface area contributed by atoms with Crippen molar-refractivity contribution < 1.29 is 24.2 Å². The highest BCUT2D eigenvalue weighted by Gasteiger charge is 2.27. The van der Waals surface area contributed by atoms with Crippen LogP contribution >= 0.6 is 0 Å². The van der Waals surface area contributed by atoms with Crippen LogP contribution in [0.4, 0.5) is 4.79 Å². The molecule has 8 nitrogen and oxygen atoms in total. The average Bonchev–Trinajstić information content (AvgIpc) is 2.57. The lowest BCUT2D eigenvalue weighted by Gasteiger charge is -2.24. The average molecular weight is 379 g/mol. The number of ether oxygens (including phenoxy) is 1. The first kappa shape index (κ1) is 22.4. The molecule has 0 saturated carbocycles. The smallest absolute Gasteiger partial charge is 0.408 e. The number of aliphatic hydroxyl groups excluding tert-OH is 1. The molecule has 0 aliphatic carbocycles. The van der Waals surface area contributed by atoms with Crippen LogP contribution in [-0.4, -0.2) is 47.3 Å². The van der Waals surface area contributed by atoms with Gasteiger partial charge in [0.25, 0.3) is 0 Å². The SMILES string of the molecule is CC(C)(C)OC(=O)NC(CCO)C(=O)NC(CCc1ccccc1)C(N)=O. The fourth-order valence-corrected chi connectivity index (χ4v) is 2.36. The van der Waals surface area contributed by atoms with Crippen molar-refractivity contribution in [2.45, 2.75) is 57.7 Å². The normalized spacial score (nSPS) is 13.3. The molecule has 0 fully saturated rings. The zero-order chi connectivity index (χ0) is 20.4. The van der Waals surface area contributed by atoms with Crippen molar-refractivity contribution >= 4 is 17.9 Å². The Hall–Kier alpha value is -2.61. The van der Waals surface area contributed by atoms with Crippen LogP contribution in [0.2, 0.25) is 0 Å². The fourth-order valence-electron chi connectivity index (χ4n) is 2.36. The third-order valence-electron chi connectivity index (χ3n) is 3.65. The molecule has 1 aromatic rings. The van der Waals surface area contributed by atoms with Crippen LogP contribution in [0.1, 0.15) is 39.2 Å². The number of alkyl carbamates (subject to hydrolysis) is 1. The van der Waals surface area contributed by atoms with E-state index in [-0.39, 0.29) is 13.0 Å². The summed E-state index contributed by atoms with van der Waals surface area (Å²) in [6.45, 7) is 4.76.